The summed E-state index contributed by atoms with van der Waals surface area (Å²) >= 11 is 3.37. The second-order valence-electron chi connectivity index (χ2n) is 3.28. The average Bonchev–Trinajstić information content (AvgIpc) is 2.08. The van der Waals surface area contributed by atoms with Crippen LogP contribution in [0.5, 0.6) is 0 Å². The number of carboxylic acids is 1. The van der Waals surface area contributed by atoms with E-state index in [9.17, 15) is 4.79 Å². The van der Waals surface area contributed by atoms with Gasteiger partial charge in [-0.25, -0.2) is 0 Å². The lowest BCUT2D eigenvalue weighted by molar-refractivity contribution is -0.137. The van der Waals surface area contributed by atoms with Gasteiger partial charge >= 0.3 is 5.97 Å². The third kappa shape index (κ3) is 2.73. The van der Waals surface area contributed by atoms with Gasteiger partial charge in [0.25, 0.3) is 0 Å². The molecular weight excluding hydrogens is 246 g/mol. The van der Waals surface area contributed by atoms with Gasteiger partial charge in [-0.2, -0.15) is 0 Å². The lowest BCUT2D eigenvalue weighted by atomic mass is 9.97. The van der Waals surface area contributed by atoms with E-state index in [2.05, 4.69) is 15.9 Å². The zero-order valence-electron chi connectivity index (χ0n) is 7.83. The maximum Gasteiger partial charge on any atom is 0.303 e. The molecule has 0 spiro atoms. The number of aliphatic carboxylic acids is 1. The van der Waals surface area contributed by atoms with Crippen LogP contribution in [0.15, 0.2) is 22.7 Å². The summed E-state index contributed by atoms with van der Waals surface area (Å²) in [4.78, 5) is 10.5. The van der Waals surface area contributed by atoms with Gasteiger partial charge in [0, 0.05) is 10.2 Å². The molecule has 0 heterocycles. The minimum Gasteiger partial charge on any atom is -0.481 e. The number of anilines is 1. The Balaban J connectivity index is 2.93. The fraction of sp³-hybridized carbons (Fsp3) is 0.300. The van der Waals surface area contributed by atoms with E-state index in [4.69, 9.17) is 10.8 Å². The second-order valence-corrected chi connectivity index (χ2v) is 4.13. The molecule has 3 nitrogen and oxygen atoms in total. The molecule has 0 saturated carbocycles. The molecule has 1 aromatic rings. The van der Waals surface area contributed by atoms with Crippen molar-refractivity contribution >= 4 is 27.6 Å². The molecule has 1 aromatic carbocycles. The molecule has 1 unspecified atom stereocenters. The molecule has 0 radical (unpaired) electrons. The monoisotopic (exact) mass is 257 g/mol. The van der Waals surface area contributed by atoms with Crippen molar-refractivity contribution in [1.82, 2.24) is 0 Å². The Morgan fingerprint density at radius 2 is 2.29 bits per heavy atom. The second kappa shape index (κ2) is 4.46. The molecule has 14 heavy (non-hydrogen) atoms. The Kier molecular flexibility index (Phi) is 3.52. The van der Waals surface area contributed by atoms with Crippen LogP contribution in [-0.4, -0.2) is 11.1 Å². The molecule has 0 aromatic heterocycles. The molecule has 76 valence electrons. The maximum atomic E-state index is 10.5. The third-order valence-electron chi connectivity index (χ3n) is 2.03. The van der Waals surface area contributed by atoms with Crippen molar-refractivity contribution in [3.05, 3.63) is 28.2 Å². The fourth-order valence-electron chi connectivity index (χ4n) is 1.31. The van der Waals surface area contributed by atoms with Crippen molar-refractivity contribution in [2.45, 2.75) is 19.3 Å². The van der Waals surface area contributed by atoms with Crippen molar-refractivity contribution in [2.75, 3.05) is 5.73 Å². The van der Waals surface area contributed by atoms with Crippen LogP contribution in [-0.2, 0) is 4.79 Å². The summed E-state index contributed by atoms with van der Waals surface area (Å²) in [6.07, 6.45) is 0.113. The van der Waals surface area contributed by atoms with Gasteiger partial charge in [-0.05, 0) is 29.7 Å². The predicted molar refractivity (Wildman–Crippen MR) is 59.2 cm³/mol. The largest absolute Gasteiger partial charge is 0.481 e. The van der Waals surface area contributed by atoms with E-state index in [-0.39, 0.29) is 12.3 Å². The van der Waals surface area contributed by atoms with Crippen LogP contribution in [0.2, 0.25) is 0 Å². The summed E-state index contributed by atoms with van der Waals surface area (Å²) < 4.78 is 0.903. The van der Waals surface area contributed by atoms with E-state index < -0.39 is 5.97 Å². The molecule has 0 aliphatic carbocycles. The van der Waals surface area contributed by atoms with Gasteiger partial charge in [0.1, 0.15) is 0 Å². The van der Waals surface area contributed by atoms with Crippen LogP contribution in [0.1, 0.15) is 24.8 Å². The van der Waals surface area contributed by atoms with Gasteiger partial charge in [-0.3, -0.25) is 4.79 Å². The van der Waals surface area contributed by atoms with Crippen molar-refractivity contribution in [2.24, 2.45) is 0 Å². The molecule has 0 saturated heterocycles. The Morgan fingerprint density at radius 3 is 2.86 bits per heavy atom. The van der Waals surface area contributed by atoms with E-state index in [1.54, 1.807) is 12.1 Å². The number of nitrogens with two attached hydrogens (primary N) is 1. The fourth-order valence-corrected chi connectivity index (χ4v) is 1.95. The summed E-state index contributed by atoms with van der Waals surface area (Å²) in [5.41, 5.74) is 7.22. The lowest BCUT2D eigenvalue weighted by Gasteiger charge is -2.11. The number of carboxylic acid groups (broad SMARTS) is 1. The molecule has 0 aliphatic heterocycles. The van der Waals surface area contributed by atoms with Gasteiger partial charge < -0.3 is 10.8 Å². The maximum absolute atomic E-state index is 10.5. The van der Waals surface area contributed by atoms with Crippen molar-refractivity contribution in [3.8, 4) is 0 Å². The van der Waals surface area contributed by atoms with E-state index >= 15 is 0 Å². The van der Waals surface area contributed by atoms with Gasteiger partial charge in [0.15, 0.2) is 0 Å². The van der Waals surface area contributed by atoms with Crippen molar-refractivity contribution < 1.29 is 9.90 Å². The molecule has 0 aliphatic rings. The van der Waals surface area contributed by atoms with Crippen molar-refractivity contribution in [1.29, 1.82) is 0 Å². The molecule has 3 N–H and O–H groups in total. The Morgan fingerprint density at radius 1 is 1.64 bits per heavy atom. The minimum absolute atomic E-state index is 0.0367. The molecule has 0 fully saturated rings. The molecule has 1 atom stereocenters. The normalized spacial score (nSPS) is 12.4. The number of hydrogen-bond donors (Lipinski definition) is 2. The van der Waals surface area contributed by atoms with E-state index in [0.29, 0.717) is 5.69 Å². The lowest BCUT2D eigenvalue weighted by Crippen LogP contribution is -2.04. The Bertz CT molecular complexity index is 352. The van der Waals surface area contributed by atoms with Crippen LogP contribution in [0.4, 0.5) is 5.69 Å². The van der Waals surface area contributed by atoms with Crippen molar-refractivity contribution in [3.63, 3.8) is 0 Å². The number of rotatable bonds is 3. The van der Waals surface area contributed by atoms with Crippen LogP contribution in [0.25, 0.3) is 0 Å². The molecule has 0 bridgehead atoms. The van der Waals surface area contributed by atoms with Gasteiger partial charge in [0.2, 0.25) is 0 Å². The molecule has 1 rings (SSSR count). The highest BCUT2D eigenvalue weighted by Gasteiger charge is 2.13. The standard InChI is InChI=1S/C10H12BrNO2/c1-6(4-10(13)14)8-5-7(12)2-3-9(8)11/h2-3,5-6H,4,12H2,1H3,(H,13,14). The number of benzene rings is 1. The Labute approximate surface area is 91.1 Å². The smallest absolute Gasteiger partial charge is 0.303 e. The quantitative estimate of drug-likeness (QED) is 0.819. The van der Waals surface area contributed by atoms with Crippen LogP contribution in [0, 0.1) is 0 Å². The van der Waals surface area contributed by atoms with E-state index in [1.807, 2.05) is 13.0 Å². The highest BCUT2D eigenvalue weighted by Crippen LogP contribution is 2.28. The highest BCUT2D eigenvalue weighted by atomic mass is 79.9. The first-order valence-corrected chi connectivity index (χ1v) is 5.06. The van der Waals surface area contributed by atoms with Gasteiger partial charge in [-0.15, -0.1) is 0 Å². The number of hydrogen-bond acceptors (Lipinski definition) is 2. The number of halogens is 1. The third-order valence-corrected chi connectivity index (χ3v) is 2.75. The summed E-state index contributed by atoms with van der Waals surface area (Å²) in [5, 5.41) is 8.66. The van der Waals surface area contributed by atoms with E-state index in [0.717, 1.165) is 10.0 Å². The molecular formula is C10H12BrNO2. The summed E-state index contributed by atoms with van der Waals surface area (Å²) in [6.45, 7) is 1.87. The first-order chi connectivity index (χ1) is 6.50. The first kappa shape index (κ1) is 11.0. The highest BCUT2D eigenvalue weighted by molar-refractivity contribution is 9.10. The molecule has 0 amide bonds. The average molecular weight is 258 g/mol. The van der Waals surface area contributed by atoms with Crippen LogP contribution >= 0.6 is 15.9 Å². The first-order valence-electron chi connectivity index (χ1n) is 4.27. The minimum atomic E-state index is -0.799. The summed E-state index contributed by atoms with van der Waals surface area (Å²) in [7, 11) is 0. The predicted octanol–water partition coefficient (Wildman–Crippen LogP) is 2.61. The zero-order valence-corrected chi connectivity index (χ0v) is 9.41. The molecule has 4 heteroatoms. The van der Waals surface area contributed by atoms with Crippen LogP contribution in [0.3, 0.4) is 0 Å². The SMILES string of the molecule is CC(CC(=O)O)c1cc(N)ccc1Br. The zero-order chi connectivity index (χ0) is 10.7. The van der Waals surface area contributed by atoms with Gasteiger partial charge in [-0.1, -0.05) is 22.9 Å². The Hall–Kier alpha value is -1.03. The summed E-state index contributed by atoms with van der Waals surface area (Å²) in [6, 6.07) is 5.42. The van der Waals surface area contributed by atoms with Crippen LogP contribution < -0.4 is 5.73 Å². The topological polar surface area (TPSA) is 63.3 Å². The van der Waals surface area contributed by atoms with E-state index in [1.165, 1.54) is 0 Å². The number of nitrogen functional groups attached to an aromatic ring is 1. The number of carbonyl (C=O) groups is 1. The summed E-state index contributed by atoms with van der Waals surface area (Å²) in [5.74, 6) is -0.836. The van der Waals surface area contributed by atoms with Gasteiger partial charge in [0.05, 0.1) is 6.42 Å².